The molecular weight excluding hydrogens is 340 g/mol. The molecule has 0 N–H and O–H groups in total. The molecule has 3 rings (SSSR count). The van der Waals surface area contributed by atoms with E-state index in [1.807, 2.05) is 18.2 Å². The van der Waals surface area contributed by atoms with Crippen molar-refractivity contribution in [3.05, 3.63) is 83.5 Å². The zero-order chi connectivity index (χ0) is 17.5. The minimum Gasteiger partial charge on any atom is -0.484 e. The molecule has 2 aromatic heterocycles. The molecular formula is C19H17ClN2O3. The van der Waals surface area contributed by atoms with Crippen LogP contribution in [0.1, 0.15) is 11.3 Å². The SMILES string of the molecule is O=C(COc1ccc(Cl)cc1)N(Cc1cccnc1)Cc1ccco1. The predicted molar refractivity (Wildman–Crippen MR) is 94.1 cm³/mol. The Hall–Kier alpha value is -2.79. The fraction of sp³-hybridized carbons (Fsp3) is 0.158. The number of nitrogens with zero attached hydrogens (tertiary/aromatic N) is 2. The maximum absolute atomic E-state index is 12.6. The highest BCUT2D eigenvalue weighted by atomic mass is 35.5. The lowest BCUT2D eigenvalue weighted by atomic mass is 10.2. The molecule has 0 atom stereocenters. The van der Waals surface area contributed by atoms with Gasteiger partial charge >= 0.3 is 0 Å². The van der Waals surface area contributed by atoms with Gasteiger partial charge in [0.25, 0.3) is 5.91 Å². The highest BCUT2D eigenvalue weighted by molar-refractivity contribution is 6.30. The van der Waals surface area contributed by atoms with Crippen molar-refractivity contribution in [2.45, 2.75) is 13.1 Å². The second-order valence-corrected chi connectivity index (χ2v) is 5.87. The molecule has 1 aromatic carbocycles. The molecule has 0 aliphatic heterocycles. The summed E-state index contributed by atoms with van der Waals surface area (Å²) in [6.07, 6.45) is 5.03. The fourth-order valence-corrected chi connectivity index (χ4v) is 2.43. The second-order valence-electron chi connectivity index (χ2n) is 5.43. The average molecular weight is 357 g/mol. The third-order valence-electron chi connectivity index (χ3n) is 3.55. The summed E-state index contributed by atoms with van der Waals surface area (Å²) < 4.78 is 10.9. The van der Waals surface area contributed by atoms with Gasteiger partial charge in [0.15, 0.2) is 6.61 Å². The standard InChI is InChI=1S/C19H17ClN2O3/c20-16-5-7-17(8-6-16)25-14-19(23)22(13-18-4-2-10-24-18)12-15-3-1-9-21-11-15/h1-11H,12-14H2. The minimum absolute atomic E-state index is 0.0669. The molecule has 0 aliphatic carbocycles. The largest absolute Gasteiger partial charge is 0.484 e. The van der Waals surface area contributed by atoms with Crippen molar-refractivity contribution < 1.29 is 13.9 Å². The van der Waals surface area contributed by atoms with Crippen LogP contribution in [0.5, 0.6) is 5.75 Å². The third kappa shape index (κ3) is 5.09. The Morgan fingerprint density at radius 2 is 1.96 bits per heavy atom. The van der Waals surface area contributed by atoms with Crippen molar-refractivity contribution in [3.8, 4) is 5.75 Å². The number of pyridine rings is 1. The fourth-order valence-electron chi connectivity index (χ4n) is 2.30. The number of rotatable bonds is 7. The van der Waals surface area contributed by atoms with Gasteiger partial charge in [0.05, 0.1) is 12.8 Å². The molecule has 0 spiro atoms. The number of carbonyl (C=O) groups excluding carboxylic acids is 1. The molecule has 25 heavy (non-hydrogen) atoms. The van der Waals surface area contributed by atoms with Gasteiger partial charge in [-0.1, -0.05) is 17.7 Å². The Bertz CT molecular complexity index is 789. The third-order valence-corrected chi connectivity index (χ3v) is 3.80. The maximum atomic E-state index is 12.6. The van der Waals surface area contributed by atoms with E-state index in [1.54, 1.807) is 53.9 Å². The van der Waals surface area contributed by atoms with E-state index in [0.29, 0.717) is 29.6 Å². The molecule has 0 bridgehead atoms. The van der Waals surface area contributed by atoms with Gasteiger partial charge < -0.3 is 14.1 Å². The average Bonchev–Trinajstić information content (AvgIpc) is 3.14. The Kier molecular flexibility index (Phi) is 5.69. The molecule has 1 amide bonds. The number of benzene rings is 1. The van der Waals surface area contributed by atoms with Gasteiger partial charge in [-0.25, -0.2) is 0 Å². The molecule has 0 aliphatic rings. The van der Waals surface area contributed by atoms with E-state index in [4.69, 9.17) is 20.8 Å². The Morgan fingerprint density at radius 3 is 2.64 bits per heavy atom. The number of furan rings is 1. The van der Waals surface area contributed by atoms with E-state index in [-0.39, 0.29) is 12.5 Å². The quantitative estimate of drug-likeness (QED) is 0.643. The van der Waals surface area contributed by atoms with Gasteiger partial charge in [0.1, 0.15) is 11.5 Å². The van der Waals surface area contributed by atoms with Crippen LogP contribution in [0.25, 0.3) is 0 Å². The molecule has 128 valence electrons. The predicted octanol–water partition coefficient (Wildman–Crippen LogP) is 3.94. The number of carbonyl (C=O) groups is 1. The molecule has 0 saturated carbocycles. The number of hydrogen-bond acceptors (Lipinski definition) is 4. The summed E-state index contributed by atoms with van der Waals surface area (Å²) in [5.41, 5.74) is 0.939. The summed E-state index contributed by atoms with van der Waals surface area (Å²) in [6, 6.07) is 14.3. The van der Waals surface area contributed by atoms with E-state index in [0.717, 1.165) is 5.56 Å². The zero-order valence-corrected chi connectivity index (χ0v) is 14.2. The van der Waals surface area contributed by atoms with Gasteiger partial charge in [-0.3, -0.25) is 9.78 Å². The molecule has 3 aromatic rings. The van der Waals surface area contributed by atoms with Crippen LogP contribution in [0.15, 0.2) is 71.6 Å². The normalized spacial score (nSPS) is 10.4. The molecule has 0 fully saturated rings. The van der Waals surface area contributed by atoms with Crippen LogP contribution in [0.3, 0.4) is 0 Å². The first-order chi connectivity index (χ1) is 12.2. The van der Waals surface area contributed by atoms with E-state index >= 15 is 0 Å². The van der Waals surface area contributed by atoms with Crippen molar-refractivity contribution in [2.75, 3.05) is 6.61 Å². The van der Waals surface area contributed by atoms with Crippen LogP contribution < -0.4 is 4.74 Å². The van der Waals surface area contributed by atoms with E-state index in [9.17, 15) is 4.79 Å². The number of hydrogen-bond donors (Lipinski definition) is 0. The molecule has 5 nitrogen and oxygen atoms in total. The highest BCUT2D eigenvalue weighted by Gasteiger charge is 2.17. The lowest BCUT2D eigenvalue weighted by Gasteiger charge is -2.22. The second kappa shape index (κ2) is 8.35. The van der Waals surface area contributed by atoms with Gasteiger partial charge in [-0.15, -0.1) is 0 Å². The number of ether oxygens (including phenoxy) is 1. The van der Waals surface area contributed by atoms with Gasteiger partial charge in [0, 0.05) is 24.0 Å². The number of amides is 1. The molecule has 0 saturated heterocycles. The van der Waals surface area contributed by atoms with Crippen molar-refractivity contribution in [2.24, 2.45) is 0 Å². The van der Waals surface area contributed by atoms with Crippen LogP contribution in [-0.2, 0) is 17.9 Å². The summed E-state index contributed by atoms with van der Waals surface area (Å²) in [6.45, 7) is 0.727. The van der Waals surface area contributed by atoms with Crippen molar-refractivity contribution in [1.29, 1.82) is 0 Å². The number of aromatic nitrogens is 1. The first-order valence-corrected chi connectivity index (χ1v) is 8.16. The number of halogens is 1. The summed E-state index contributed by atoms with van der Waals surface area (Å²) >= 11 is 5.85. The Morgan fingerprint density at radius 1 is 1.12 bits per heavy atom. The molecule has 0 radical (unpaired) electrons. The topological polar surface area (TPSA) is 55.6 Å². The van der Waals surface area contributed by atoms with Gasteiger partial charge in [-0.2, -0.15) is 0 Å². The van der Waals surface area contributed by atoms with Crippen LogP contribution in [0.2, 0.25) is 5.02 Å². The molecule has 6 heteroatoms. The van der Waals surface area contributed by atoms with Crippen molar-refractivity contribution in [3.63, 3.8) is 0 Å². The minimum atomic E-state index is -0.143. The van der Waals surface area contributed by atoms with Crippen LogP contribution in [0.4, 0.5) is 0 Å². The molecule has 0 unspecified atom stereocenters. The monoisotopic (exact) mass is 356 g/mol. The van der Waals surface area contributed by atoms with Crippen LogP contribution >= 0.6 is 11.6 Å². The van der Waals surface area contributed by atoms with E-state index in [2.05, 4.69) is 4.98 Å². The van der Waals surface area contributed by atoms with Crippen molar-refractivity contribution in [1.82, 2.24) is 9.88 Å². The summed E-state index contributed by atoms with van der Waals surface area (Å²) in [5, 5.41) is 0.620. The van der Waals surface area contributed by atoms with Crippen molar-refractivity contribution >= 4 is 17.5 Å². The summed E-state index contributed by atoms with van der Waals surface area (Å²) in [7, 11) is 0. The molecule has 2 heterocycles. The van der Waals surface area contributed by atoms with Gasteiger partial charge in [-0.05, 0) is 48.0 Å². The summed E-state index contributed by atoms with van der Waals surface area (Å²) in [5.74, 6) is 1.16. The maximum Gasteiger partial charge on any atom is 0.261 e. The lowest BCUT2D eigenvalue weighted by molar-refractivity contribution is -0.134. The Labute approximate surface area is 150 Å². The van der Waals surface area contributed by atoms with E-state index < -0.39 is 0 Å². The van der Waals surface area contributed by atoms with E-state index in [1.165, 1.54) is 0 Å². The first-order valence-electron chi connectivity index (χ1n) is 7.78. The lowest BCUT2D eigenvalue weighted by Crippen LogP contribution is -2.34. The van der Waals surface area contributed by atoms with Crippen LogP contribution in [0, 0.1) is 0 Å². The highest BCUT2D eigenvalue weighted by Crippen LogP contribution is 2.16. The summed E-state index contributed by atoms with van der Waals surface area (Å²) in [4.78, 5) is 18.4. The smallest absolute Gasteiger partial charge is 0.261 e. The zero-order valence-electron chi connectivity index (χ0n) is 13.5. The first kappa shape index (κ1) is 17.0. The van der Waals surface area contributed by atoms with Crippen LogP contribution in [-0.4, -0.2) is 22.4 Å². The Balaban J connectivity index is 1.66. The van der Waals surface area contributed by atoms with Gasteiger partial charge in [0.2, 0.25) is 0 Å².